The smallest absolute Gasteiger partial charge is 0.168 e. The van der Waals surface area contributed by atoms with Crippen LogP contribution >= 0.6 is 0 Å². The lowest BCUT2D eigenvalue weighted by molar-refractivity contribution is -0.697. The Labute approximate surface area is 309 Å². The minimum atomic E-state index is 0. The average molecular weight is 769 g/mol. The van der Waals surface area contributed by atoms with Crippen molar-refractivity contribution in [3.05, 3.63) is 61.2 Å². The Hall–Kier alpha value is -0.740. The van der Waals surface area contributed by atoms with Crippen LogP contribution in [0.15, 0.2) is 61.2 Å². The van der Waals surface area contributed by atoms with Gasteiger partial charge in [-0.1, -0.05) is 180 Å². The summed E-state index contributed by atoms with van der Waals surface area (Å²) >= 11 is 0. The SMILES string of the molecule is CCCCCCCCCCCCCCCC[n+]1ccccc1.CCCCCCCCCCCCCCCC[n+]1ccccc1.[Br-].[Br-]. The van der Waals surface area contributed by atoms with Crippen LogP contribution in [-0.2, 0) is 13.1 Å². The topological polar surface area (TPSA) is 7.76 Å². The molecule has 0 atom stereocenters. The molecule has 2 heterocycles. The molecule has 2 rings (SSSR count). The molecular weight excluding hydrogens is 692 g/mol. The van der Waals surface area contributed by atoms with Crippen LogP contribution in [0.4, 0.5) is 0 Å². The molecule has 0 unspecified atom stereocenters. The summed E-state index contributed by atoms with van der Waals surface area (Å²) in [6, 6.07) is 12.6. The number of rotatable bonds is 30. The van der Waals surface area contributed by atoms with Gasteiger partial charge in [-0.2, -0.15) is 0 Å². The van der Waals surface area contributed by atoms with E-state index in [-0.39, 0.29) is 34.0 Å². The summed E-state index contributed by atoms with van der Waals surface area (Å²) in [7, 11) is 0. The van der Waals surface area contributed by atoms with Gasteiger partial charge in [0.25, 0.3) is 0 Å². The van der Waals surface area contributed by atoms with E-state index < -0.39 is 0 Å². The highest BCUT2D eigenvalue weighted by Crippen LogP contribution is 2.14. The fraction of sp³-hybridized carbons (Fsp3) is 0.762. The summed E-state index contributed by atoms with van der Waals surface area (Å²) in [6.07, 6.45) is 48.8. The molecule has 2 nitrogen and oxygen atoms in total. The second-order valence-corrected chi connectivity index (χ2v) is 13.4. The van der Waals surface area contributed by atoms with Crippen molar-refractivity contribution in [1.29, 1.82) is 0 Å². The fourth-order valence-corrected chi connectivity index (χ4v) is 6.14. The highest BCUT2D eigenvalue weighted by atomic mass is 79.9. The highest BCUT2D eigenvalue weighted by Gasteiger charge is 1.99. The van der Waals surface area contributed by atoms with Crippen molar-refractivity contribution in [2.75, 3.05) is 0 Å². The van der Waals surface area contributed by atoms with Crippen LogP contribution in [-0.4, -0.2) is 0 Å². The van der Waals surface area contributed by atoms with E-state index in [1.165, 1.54) is 193 Å². The zero-order valence-corrected chi connectivity index (χ0v) is 33.8. The minimum absolute atomic E-state index is 0. The van der Waals surface area contributed by atoms with Crippen LogP contribution in [0.5, 0.6) is 0 Å². The number of hydrogen-bond donors (Lipinski definition) is 0. The van der Waals surface area contributed by atoms with Gasteiger partial charge in [0.15, 0.2) is 24.8 Å². The van der Waals surface area contributed by atoms with Gasteiger partial charge in [0, 0.05) is 37.1 Å². The Balaban J connectivity index is 0. The number of aryl methyl sites for hydroxylation is 2. The van der Waals surface area contributed by atoms with Crippen molar-refractivity contribution in [3.63, 3.8) is 0 Å². The molecule has 0 amide bonds. The first kappa shape index (κ1) is 47.4. The summed E-state index contributed by atoms with van der Waals surface area (Å²) in [5.74, 6) is 0. The van der Waals surface area contributed by atoms with E-state index in [1.807, 2.05) is 0 Å². The maximum absolute atomic E-state index is 2.29. The lowest BCUT2D eigenvalue weighted by Crippen LogP contribution is -3.00. The molecule has 4 heteroatoms. The Bertz CT molecular complexity index is 719. The number of aromatic nitrogens is 2. The van der Waals surface area contributed by atoms with Gasteiger partial charge in [-0.25, -0.2) is 9.13 Å². The van der Waals surface area contributed by atoms with Gasteiger partial charge in [0.05, 0.1) is 0 Å². The standard InChI is InChI=1S/2C21H38N.2BrH/c2*1-2-3-4-5-6-7-8-9-10-11-12-13-14-16-19-22-20-17-15-18-21-22;;/h2*15,17-18,20-21H,2-14,16,19H2,1H3;2*1H/q2*+1;;/p-2. The fourth-order valence-electron chi connectivity index (χ4n) is 6.14. The first-order chi connectivity index (χ1) is 21.9. The second-order valence-electron chi connectivity index (χ2n) is 13.4. The van der Waals surface area contributed by atoms with Crippen LogP contribution in [0, 0.1) is 0 Å². The van der Waals surface area contributed by atoms with Crippen molar-refractivity contribution in [1.82, 2.24) is 0 Å². The molecule has 2 aromatic heterocycles. The van der Waals surface area contributed by atoms with Crippen molar-refractivity contribution in [2.24, 2.45) is 0 Å². The molecule has 0 aliphatic carbocycles. The third-order valence-corrected chi connectivity index (χ3v) is 9.09. The first-order valence-corrected chi connectivity index (χ1v) is 19.7. The average Bonchev–Trinajstić information content (AvgIpc) is 3.06. The molecule has 46 heavy (non-hydrogen) atoms. The van der Waals surface area contributed by atoms with E-state index in [0.29, 0.717) is 0 Å². The van der Waals surface area contributed by atoms with E-state index in [2.05, 4.69) is 84.2 Å². The summed E-state index contributed by atoms with van der Waals surface area (Å²) < 4.78 is 4.58. The summed E-state index contributed by atoms with van der Waals surface area (Å²) in [5, 5.41) is 0. The molecule has 268 valence electrons. The van der Waals surface area contributed by atoms with E-state index in [0.717, 1.165) is 0 Å². The monoisotopic (exact) mass is 766 g/mol. The lowest BCUT2D eigenvalue weighted by atomic mass is 10.0. The van der Waals surface area contributed by atoms with Crippen molar-refractivity contribution >= 4 is 0 Å². The van der Waals surface area contributed by atoms with E-state index in [1.54, 1.807) is 0 Å². The lowest BCUT2D eigenvalue weighted by Gasteiger charge is -2.02. The maximum Gasteiger partial charge on any atom is 0.168 e. The van der Waals surface area contributed by atoms with Gasteiger partial charge in [-0.3, -0.25) is 0 Å². The number of hydrogen-bond acceptors (Lipinski definition) is 0. The zero-order chi connectivity index (χ0) is 31.4. The third-order valence-electron chi connectivity index (χ3n) is 9.09. The summed E-state index contributed by atoms with van der Waals surface area (Å²) in [4.78, 5) is 0. The Morgan fingerprint density at radius 3 is 0.674 bits per heavy atom. The summed E-state index contributed by atoms with van der Waals surface area (Å²) in [5.41, 5.74) is 0. The van der Waals surface area contributed by atoms with Crippen LogP contribution in [0.3, 0.4) is 0 Å². The largest absolute Gasteiger partial charge is 1.00 e. The van der Waals surface area contributed by atoms with Crippen molar-refractivity contribution in [3.8, 4) is 0 Å². The Morgan fingerprint density at radius 2 is 0.457 bits per heavy atom. The van der Waals surface area contributed by atoms with Crippen LogP contribution in [0.25, 0.3) is 0 Å². The predicted octanol–water partition coefficient (Wildman–Crippen LogP) is 6.92. The van der Waals surface area contributed by atoms with E-state index in [4.69, 9.17) is 0 Å². The zero-order valence-electron chi connectivity index (χ0n) is 30.6. The first-order valence-electron chi connectivity index (χ1n) is 19.7. The molecule has 0 saturated carbocycles. The molecule has 0 fully saturated rings. The number of halogens is 2. The van der Waals surface area contributed by atoms with Crippen LogP contribution in [0.2, 0.25) is 0 Å². The van der Waals surface area contributed by atoms with Gasteiger partial charge >= 0.3 is 0 Å². The number of pyridine rings is 2. The second kappa shape index (κ2) is 40.4. The number of unbranched alkanes of at least 4 members (excludes halogenated alkanes) is 26. The van der Waals surface area contributed by atoms with Gasteiger partial charge in [-0.15, -0.1) is 0 Å². The summed E-state index contributed by atoms with van der Waals surface area (Å²) in [6.45, 7) is 6.94. The van der Waals surface area contributed by atoms with Crippen LogP contribution in [0.1, 0.15) is 194 Å². The molecule has 0 N–H and O–H groups in total. The van der Waals surface area contributed by atoms with Gasteiger partial charge in [0.2, 0.25) is 0 Å². The van der Waals surface area contributed by atoms with E-state index in [9.17, 15) is 0 Å². The molecule has 0 aliphatic heterocycles. The molecule has 0 spiro atoms. The number of nitrogens with zero attached hydrogens (tertiary/aromatic N) is 2. The quantitative estimate of drug-likeness (QED) is 0.0603. The molecule has 0 saturated heterocycles. The molecule has 0 aliphatic rings. The molecule has 0 aromatic carbocycles. The van der Waals surface area contributed by atoms with Gasteiger partial charge in [-0.05, 0) is 12.8 Å². The normalized spacial score (nSPS) is 10.5. The molecule has 0 radical (unpaired) electrons. The molecule has 0 bridgehead atoms. The highest BCUT2D eigenvalue weighted by molar-refractivity contribution is 4.84. The minimum Gasteiger partial charge on any atom is -1.00 e. The molecular formula is C42H76Br2N2. The van der Waals surface area contributed by atoms with Crippen LogP contribution < -0.4 is 43.1 Å². The van der Waals surface area contributed by atoms with E-state index >= 15 is 0 Å². The maximum atomic E-state index is 2.29. The molecule has 2 aromatic rings. The Morgan fingerprint density at radius 1 is 0.261 bits per heavy atom. The third kappa shape index (κ3) is 34.6. The predicted molar refractivity (Wildman–Crippen MR) is 194 cm³/mol. The Kier molecular flexibility index (Phi) is 41.6. The van der Waals surface area contributed by atoms with Crippen molar-refractivity contribution in [2.45, 2.75) is 207 Å². The van der Waals surface area contributed by atoms with Gasteiger partial charge in [0.1, 0.15) is 13.1 Å². The van der Waals surface area contributed by atoms with Gasteiger partial charge < -0.3 is 34.0 Å². The van der Waals surface area contributed by atoms with Crippen molar-refractivity contribution < 1.29 is 43.1 Å².